The predicted molar refractivity (Wildman–Crippen MR) is 41.3 cm³/mol. The number of sulfone groups is 2. The molecule has 1 aliphatic rings. The van der Waals surface area contributed by atoms with Crippen LogP contribution in [-0.4, -0.2) is 28.3 Å². The van der Waals surface area contributed by atoms with E-state index in [0.29, 0.717) is 0 Å². The molecular weight excluding hydrogens is 188 g/mol. The SMILES string of the molecule is O=S1(=O)C=CS(=O)(=O)CCC1. The van der Waals surface area contributed by atoms with Crippen LogP contribution in [0.2, 0.25) is 0 Å². The third-order valence-corrected chi connectivity index (χ3v) is 4.32. The van der Waals surface area contributed by atoms with Gasteiger partial charge in [0.25, 0.3) is 0 Å². The number of hydrogen-bond donors (Lipinski definition) is 0. The highest BCUT2D eigenvalue weighted by Gasteiger charge is 2.16. The molecule has 0 aliphatic carbocycles. The number of rotatable bonds is 0. The summed E-state index contributed by atoms with van der Waals surface area (Å²) in [7, 11) is -6.50. The van der Waals surface area contributed by atoms with Gasteiger partial charge in [-0.15, -0.1) is 0 Å². The summed E-state index contributed by atoms with van der Waals surface area (Å²) >= 11 is 0. The van der Waals surface area contributed by atoms with Crippen molar-refractivity contribution in [2.24, 2.45) is 0 Å². The Balaban J connectivity index is 3.09. The van der Waals surface area contributed by atoms with Gasteiger partial charge in [-0.2, -0.15) is 0 Å². The van der Waals surface area contributed by atoms with Crippen molar-refractivity contribution in [3.8, 4) is 0 Å². The van der Waals surface area contributed by atoms with Crippen molar-refractivity contribution in [3.05, 3.63) is 10.8 Å². The van der Waals surface area contributed by atoms with E-state index in [-0.39, 0.29) is 17.9 Å². The van der Waals surface area contributed by atoms with E-state index < -0.39 is 19.7 Å². The van der Waals surface area contributed by atoms with Crippen molar-refractivity contribution in [2.75, 3.05) is 11.5 Å². The molecule has 11 heavy (non-hydrogen) atoms. The maximum absolute atomic E-state index is 10.8. The van der Waals surface area contributed by atoms with Crippen LogP contribution in [0.4, 0.5) is 0 Å². The van der Waals surface area contributed by atoms with Gasteiger partial charge in [0.2, 0.25) is 0 Å². The summed E-state index contributed by atoms with van der Waals surface area (Å²) in [6.45, 7) is 0. The Hall–Kier alpha value is -0.360. The molecule has 0 radical (unpaired) electrons. The van der Waals surface area contributed by atoms with Gasteiger partial charge < -0.3 is 0 Å². The standard InChI is InChI=1S/C5H8O4S2/c6-10(7)2-1-3-11(8,9)5-4-10/h4-5H,1-3H2. The van der Waals surface area contributed by atoms with E-state index >= 15 is 0 Å². The molecule has 0 aromatic carbocycles. The maximum atomic E-state index is 10.8. The van der Waals surface area contributed by atoms with E-state index in [1.165, 1.54) is 0 Å². The van der Waals surface area contributed by atoms with E-state index in [1.54, 1.807) is 0 Å². The molecule has 0 aromatic rings. The van der Waals surface area contributed by atoms with Gasteiger partial charge in [0, 0.05) is 10.8 Å². The highest BCUT2D eigenvalue weighted by molar-refractivity contribution is 7.98. The van der Waals surface area contributed by atoms with Crippen LogP contribution in [0.5, 0.6) is 0 Å². The fourth-order valence-corrected chi connectivity index (χ4v) is 3.67. The molecule has 0 atom stereocenters. The second-order valence-electron chi connectivity index (χ2n) is 2.36. The smallest absolute Gasteiger partial charge is 0.172 e. The van der Waals surface area contributed by atoms with Gasteiger partial charge in [-0.25, -0.2) is 16.8 Å². The summed E-state index contributed by atoms with van der Waals surface area (Å²) in [5.74, 6) is -0.133. The average molecular weight is 196 g/mol. The Morgan fingerprint density at radius 2 is 1.18 bits per heavy atom. The summed E-state index contributed by atoms with van der Waals surface area (Å²) in [6.07, 6.45) is 0.192. The first kappa shape index (κ1) is 8.73. The van der Waals surface area contributed by atoms with Crippen LogP contribution >= 0.6 is 0 Å². The maximum Gasteiger partial charge on any atom is 0.172 e. The molecule has 6 heteroatoms. The summed E-state index contributed by atoms with van der Waals surface area (Å²) in [5.41, 5.74) is 0. The monoisotopic (exact) mass is 196 g/mol. The largest absolute Gasteiger partial charge is 0.224 e. The molecule has 1 heterocycles. The Morgan fingerprint density at radius 1 is 0.818 bits per heavy atom. The molecule has 1 aliphatic heterocycles. The zero-order valence-electron chi connectivity index (χ0n) is 5.73. The van der Waals surface area contributed by atoms with Crippen LogP contribution in [0.15, 0.2) is 10.8 Å². The molecule has 0 amide bonds. The van der Waals surface area contributed by atoms with E-state index in [0.717, 1.165) is 10.8 Å². The third-order valence-electron chi connectivity index (χ3n) is 1.33. The van der Waals surface area contributed by atoms with Crippen molar-refractivity contribution in [1.82, 2.24) is 0 Å². The minimum Gasteiger partial charge on any atom is -0.224 e. The van der Waals surface area contributed by atoms with Crippen LogP contribution in [-0.2, 0) is 19.7 Å². The predicted octanol–water partition coefficient (Wildman–Crippen LogP) is -0.309. The second kappa shape index (κ2) is 2.60. The van der Waals surface area contributed by atoms with Gasteiger partial charge in [0.1, 0.15) is 0 Å². The van der Waals surface area contributed by atoms with Crippen molar-refractivity contribution < 1.29 is 16.8 Å². The summed E-state index contributed by atoms with van der Waals surface area (Å²) < 4.78 is 43.2. The molecule has 0 bridgehead atoms. The normalized spacial score (nSPS) is 27.6. The van der Waals surface area contributed by atoms with E-state index in [1.807, 2.05) is 0 Å². The fraction of sp³-hybridized carbons (Fsp3) is 0.600. The lowest BCUT2D eigenvalue weighted by Crippen LogP contribution is -2.03. The van der Waals surface area contributed by atoms with Crippen molar-refractivity contribution >= 4 is 19.7 Å². The van der Waals surface area contributed by atoms with Gasteiger partial charge in [-0.3, -0.25) is 0 Å². The van der Waals surface area contributed by atoms with Crippen LogP contribution < -0.4 is 0 Å². The lowest BCUT2D eigenvalue weighted by molar-refractivity contribution is 0.601. The summed E-state index contributed by atoms with van der Waals surface area (Å²) in [6, 6.07) is 0. The molecule has 1 rings (SSSR count). The zero-order valence-corrected chi connectivity index (χ0v) is 7.36. The molecule has 0 saturated heterocycles. The topological polar surface area (TPSA) is 68.3 Å². The van der Waals surface area contributed by atoms with Gasteiger partial charge >= 0.3 is 0 Å². The second-order valence-corrected chi connectivity index (χ2v) is 6.37. The van der Waals surface area contributed by atoms with Gasteiger partial charge in [0.15, 0.2) is 19.7 Å². The molecule has 0 N–H and O–H groups in total. The first-order valence-electron chi connectivity index (χ1n) is 3.05. The molecule has 4 nitrogen and oxygen atoms in total. The Bertz CT molecular complexity index is 323. The number of hydrogen-bond acceptors (Lipinski definition) is 4. The first-order valence-corrected chi connectivity index (χ1v) is 6.48. The molecule has 0 aromatic heterocycles. The van der Waals surface area contributed by atoms with Gasteiger partial charge in [-0.05, 0) is 6.42 Å². The van der Waals surface area contributed by atoms with Crippen molar-refractivity contribution in [2.45, 2.75) is 6.42 Å². The third kappa shape index (κ3) is 2.63. The Kier molecular flexibility index (Phi) is 2.06. The zero-order chi connectivity index (χ0) is 8.54. The molecular formula is C5H8O4S2. The minimum absolute atomic E-state index is 0.0667. The van der Waals surface area contributed by atoms with E-state index in [2.05, 4.69) is 0 Å². The van der Waals surface area contributed by atoms with Crippen LogP contribution in [0, 0.1) is 0 Å². The van der Waals surface area contributed by atoms with E-state index in [4.69, 9.17) is 0 Å². The minimum atomic E-state index is -3.25. The lowest BCUT2D eigenvalue weighted by Gasteiger charge is -1.91. The highest BCUT2D eigenvalue weighted by Crippen LogP contribution is 2.07. The lowest BCUT2D eigenvalue weighted by atomic mass is 10.6. The fourth-order valence-electron chi connectivity index (χ4n) is 0.767. The molecule has 0 saturated carbocycles. The van der Waals surface area contributed by atoms with Crippen molar-refractivity contribution in [1.29, 1.82) is 0 Å². The van der Waals surface area contributed by atoms with E-state index in [9.17, 15) is 16.8 Å². The van der Waals surface area contributed by atoms with Crippen LogP contribution in [0.25, 0.3) is 0 Å². The van der Waals surface area contributed by atoms with Gasteiger partial charge in [0.05, 0.1) is 11.5 Å². The van der Waals surface area contributed by atoms with Gasteiger partial charge in [-0.1, -0.05) is 0 Å². The first-order chi connectivity index (χ1) is 4.91. The van der Waals surface area contributed by atoms with Crippen LogP contribution in [0.3, 0.4) is 0 Å². The Morgan fingerprint density at radius 3 is 1.55 bits per heavy atom. The molecule has 64 valence electrons. The van der Waals surface area contributed by atoms with Crippen molar-refractivity contribution in [3.63, 3.8) is 0 Å². The molecule has 0 fully saturated rings. The molecule has 0 unspecified atom stereocenters. The molecule has 0 spiro atoms. The highest BCUT2D eigenvalue weighted by atomic mass is 32.2. The average Bonchev–Trinajstić information content (AvgIpc) is 1.92. The summed E-state index contributed by atoms with van der Waals surface area (Å²) in [4.78, 5) is 0. The Labute approximate surface area is 65.8 Å². The van der Waals surface area contributed by atoms with Crippen LogP contribution in [0.1, 0.15) is 6.42 Å². The summed E-state index contributed by atoms with van der Waals surface area (Å²) in [5, 5.41) is 1.55. The quantitative estimate of drug-likeness (QED) is 0.533.